The van der Waals surface area contributed by atoms with Crippen LogP contribution in [-0.2, 0) is 47.9 Å². The third-order valence-corrected chi connectivity index (χ3v) is 14.4. The highest BCUT2D eigenvalue weighted by molar-refractivity contribution is 7.71. The van der Waals surface area contributed by atoms with Gasteiger partial charge < -0.3 is 37.2 Å². The average Bonchev–Trinajstić information content (AvgIpc) is 3.85. The van der Waals surface area contributed by atoms with Crippen LogP contribution in [0.15, 0.2) is 24.3 Å². The summed E-state index contributed by atoms with van der Waals surface area (Å²) in [4.78, 5) is 11.1. The highest BCUT2D eigenvalue weighted by Gasteiger charge is 2.57. The molecular formula is C32H47ClN6O9P2. The van der Waals surface area contributed by atoms with Crippen LogP contribution in [0.1, 0.15) is 83.2 Å². The number of anilines is 1. The van der Waals surface area contributed by atoms with E-state index in [2.05, 4.69) is 43.4 Å². The van der Waals surface area contributed by atoms with Gasteiger partial charge in [0.1, 0.15) is 18.3 Å². The minimum Gasteiger partial charge on any atom is -0.351 e. The van der Waals surface area contributed by atoms with E-state index in [9.17, 15) is 9.13 Å². The van der Waals surface area contributed by atoms with Gasteiger partial charge in [-0.1, -0.05) is 56.2 Å². The summed E-state index contributed by atoms with van der Waals surface area (Å²) in [5.74, 6) is -0.970. The molecule has 0 amide bonds. The van der Waals surface area contributed by atoms with Crippen LogP contribution < -0.4 is 4.90 Å². The quantitative estimate of drug-likeness (QED) is 0.0783. The largest absolute Gasteiger partial charge is 0.351 e. The fourth-order valence-electron chi connectivity index (χ4n) is 6.65. The van der Waals surface area contributed by atoms with Crippen molar-refractivity contribution in [3.05, 3.63) is 40.7 Å². The van der Waals surface area contributed by atoms with E-state index in [0.29, 0.717) is 29.8 Å². The molecule has 2 saturated heterocycles. The summed E-state index contributed by atoms with van der Waals surface area (Å²) < 4.78 is 70.6. The lowest BCUT2D eigenvalue weighted by Gasteiger charge is -2.27. The van der Waals surface area contributed by atoms with E-state index in [1.165, 1.54) is 22.9 Å². The Morgan fingerprint density at radius 2 is 1.72 bits per heavy atom. The fourth-order valence-corrected chi connectivity index (χ4v) is 11.3. The van der Waals surface area contributed by atoms with Gasteiger partial charge >= 0.3 is 15.2 Å². The van der Waals surface area contributed by atoms with Crippen LogP contribution in [0.2, 0.25) is 5.28 Å². The third-order valence-electron chi connectivity index (χ3n) is 9.18. The number of aromatic nitrogens is 5. The van der Waals surface area contributed by atoms with Crippen molar-refractivity contribution in [2.24, 2.45) is 0 Å². The Hall–Kier alpha value is -2.03. The number of fused-ring (bicyclic) bond motifs is 3. The molecule has 1 unspecified atom stereocenters. The van der Waals surface area contributed by atoms with Gasteiger partial charge in [-0.15, -0.1) is 5.10 Å². The minimum absolute atomic E-state index is 0.0281. The van der Waals surface area contributed by atoms with Crippen molar-refractivity contribution in [3.8, 4) is 0 Å². The lowest BCUT2D eigenvalue weighted by Crippen LogP contribution is -2.32. The first-order chi connectivity index (χ1) is 23.9. The topological polar surface area (TPSA) is 158 Å². The number of hydrogen-bond acceptors (Lipinski definition) is 14. The highest BCUT2D eigenvalue weighted by Crippen LogP contribution is 2.64. The maximum Gasteiger partial charge on any atom is 0.342 e. The molecule has 18 heteroatoms. The number of rotatable bonds is 17. The Bertz CT molecular complexity index is 1730. The van der Waals surface area contributed by atoms with Gasteiger partial charge in [-0.2, -0.15) is 14.6 Å². The second-order valence-electron chi connectivity index (χ2n) is 13.2. The summed E-state index contributed by atoms with van der Waals surface area (Å²) in [7, 11) is -4.58. The zero-order valence-electron chi connectivity index (χ0n) is 29.4. The molecule has 3 aliphatic rings. The van der Waals surface area contributed by atoms with Crippen LogP contribution in [0.25, 0.3) is 11.2 Å². The first kappa shape index (κ1) is 37.7. The molecule has 2 aromatic heterocycles. The number of nitrogens with zero attached hydrogens (tertiary/aromatic N) is 6. The zero-order chi connectivity index (χ0) is 35.7. The van der Waals surface area contributed by atoms with Crippen LogP contribution in [0.5, 0.6) is 0 Å². The molecule has 6 atom stereocenters. The van der Waals surface area contributed by atoms with Crippen LogP contribution >= 0.6 is 26.8 Å². The van der Waals surface area contributed by atoms with E-state index in [0.717, 1.165) is 25.7 Å². The normalized spacial score (nSPS) is 25.5. The van der Waals surface area contributed by atoms with E-state index >= 15 is 0 Å². The van der Waals surface area contributed by atoms with Gasteiger partial charge in [-0.05, 0) is 62.3 Å². The predicted molar refractivity (Wildman–Crippen MR) is 187 cm³/mol. The van der Waals surface area contributed by atoms with E-state index in [1.807, 2.05) is 27.0 Å². The van der Waals surface area contributed by atoms with Gasteiger partial charge in [0.2, 0.25) is 5.28 Å². The molecule has 2 aliphatic heterocycles. The molecule has 0 radical (unpaired) electrons. The Kier molecular flexibility index (Phi) is 11.7. The Labute approximate surface area is 297 Å². The molecule has 2 fully saturated rings. The minimum atomic E-state index is -3.98. The second-order valence-corrected chi connectivity index (χ2v) is 18.3. The molecule has 0 bridgehead atoms. The number of ether oxygens (including phenoxy) is 3. The summed E-state index contributed by atoms with van der Waals surface area (Å²) in [6.45, 7) is 7.74. The van der Waals surface area contributed by atoms with Crippen LogP contribution in [-0.4, -0.2) is 88.9 Å². The Morgan fingerprint density at radius 3 is 2.42 bits per heavy atom. The van der Waals surface area contributed by atoms with Crippen LogP contribution in [0.4, 0.5) is 5.82 Å². The summed E-state index contributed by atoms with van der Waals surface area (Å²) in [5, 5.41) is 8.96. The van der Waals surface area contributed by atoms with Crippen LogP contribution in [0, 0.1) is 0 Å². The SMILES string of the molecule is CCCCOP(=O)(CP(=O)(OC)OC[C@H]1O[C@@H](n2nnc3c(N(C)[C@H]4CCc5ccccc54)nc(Cl)nc32)[C@@H]2OC(C)(C)O[C@@H]21)OCCCC. The summed E-state index contributed by atoms with van der Waals surface area (Å²) >= 11 is 6.52. The van der Waals surface area contributed by atoms with Crippen molar-refractivity contribution < 1.29 is 41.4 Å². The molecule has 6 rings (SSSR count). The summed E-state index contributed by atoms with van der Waals surface area (Å²) in [5.41, 5.74) is 3.34. The van der Waals surface area contributed by atoms with E-state index in [-0.39, 0.29) is 31.1 Å². The van der Waals surface area contributed by atoms with Crippen molar-refractivity contribution >= 4 is 43.8 Å². The molecule has 0 saturated carbocycles. The molecule has 276 valence electrons. The summed E-state index contributed by atoms with van der Waals surface area (Å²) in [6, 6.07) is 8.44. The van der Waals surface area contributed by atoms with Gasteiger partial charge in [-0.25, -0.2) is 0 Å². The molecule has 0 N–H and O–H groups in total. The highest BCUT2D eigenvalue weighted by atomic mass is 35.5. The van der Waals surface area contributed by atoms with Crippen molar-refractivity contribution in [1.82, 2.24) is 25.0 Å². The lowest BCUT2D eigenvalue weighted by atomic mass is 10.1. The van der Waals surface area contributed by atoms with Gasteiger partial charge in [0.05, 0.1) is 25.9 Å². The molecular weight excluding hydrogens is 710 g/mol. The second kappa shape index (κ2) is 15.5. The number of aryl methyl sites for hydroxylation is 1. The number of benzene rings is 1. The number of unbranched alkanes of at least 4 members (excludes halogenated alkanes) is 2. The first-order valence-corrected chi connectivity index (χ1v) is 21.0. The van der Waals surface area contributed by atoms with E-state index in [1.54, 1.807) is 13.8 Å². The molecule has 3 aromatic rings. The monoisotopic (exact) mass is 756 g/mol. The standard InChI is InChI=1S/C32H47ClN6O9P2/c1-7-9-17-43-50(41,44-18-10-8-2)20-49(40,42-6)45-19-24-26-27(48-32(3,4)47-26)30(46-24)39-29-25(36-37-39)28(34-31(33)35-29)38(5)23-16-15-21-13-11-12-14-22(21)23/h11-14,23-24,26-27,30H,7-10,15-20H2,1-6H3/t23-,24+,26+,27+,30+,49?/m0/s1. The molecule has 4 heterocycles. The molecule has 50 heavy (non-hydrogen) atoms. The van der Waals surface area contributed by atoms with Gasteiger partial charge in [0.25, 0.3) is 0 Å². The average molecular weight is 757 g/mol. The molecule has 15 nitrogen and oxygen atoms in total. The number of halogens is 1. The molecule has 1 aliphatic carbocycles. The zero-order valence-corrected chi connectivity index (χ0v) is 31.9. The van der Waals surface area contributed by atoms with E-state index in [4.69, 9.17) is 43.9 Å². The van der Waals surface area contributed by atoms with Crippen molar-refractivity contribution in [2.75, 3.05) is 44.8 Å². The number of hydrogen-bond donors (Lipinski definition) is 0. The Morgan fingerprint density at radius 1 is 1.02 bits per heavy atom. The predicted octanol–water partition coefficient (Wildman–Crippen LogP) is 7.06. The third kappa shape index (κ3) is 7.97. The maximum atomic E-state index is 13.9. The summed E-state index contributed by atoms with van der Waals surface area (Å²) in [6.07, 6.45) is 1.93. The van der Waals surface area contributed by atoms with Crippen molar-refractivity contribution in [2.45, 2.75) is 103 Å². The lowest BCUT2D eigenvalue weighted by molar-refractivity contribution is -0.200. The maximum absolute atomic E-state index is 13.9. The fraction of sp³-hybridized carbons (Fsp3) is 0.688. The van der Waals surface area contributed by atoms with Crippen LogP contribution in [0.3, 0.4) is 0 Å². The molecule has 0 spiro atoms. The van der Waals surface area contributed by atoms with Crippen molar-refractivity contribution in [1.29, 1.82) is 0 Å². The van der Waals surface area contributed by atoms with Gasteiger partial charge in [0, 0.05) is 14.2 Å². The van der Waals surface area contributed by atoms with Crippen molar-refractivity contribution in [3.63, 3.8) is 0 Å². The smallest absolute Gasteiger partial charge is 0.342 e. The van der Waals surface area contributed by atoms with Gasteiger partial charge in [0.15, 0.2) is 34.9 Å². The molecule has 1 aromatic carbocycles. The first-order valence-electron chi connectivity index (χ1n) is 17.2. The Balaban J connectivity index is 1.23. The van der Waals surface area contributed by atoms with Gasteiger partial charge in [-0.3, -0.25) is 9.13 Å². The van der Waals surface area contributed by atoms with E-state index < -0.39 is 51.4 Å².